The standard InChI is InChI=1S/C11H15N3OS/c1-3-12-6-4-10-13-14-11(16-10)9-5-7-15-8(9)2/h5,7,12H,3-4,6H2,1-2H3. The molecule has 2 rings (SSSR count). The van der Waals surface area contributed by atoms with Crippen LogP contribution >= 0.6 is 11.3 Å². The third-order valence-electron chi connectivity index (χ3n) is 2.32. The van der Waals surface area contributed by atoms with Crippen LogP contribution in [-0.4, -0.2) is 23.3 Å². The highest BCUT2D eigenvalue weighted by Gasteiger charge is 2.10. The molecule has 0 bridgehead atoms. The Balaban J connectivity index is 2.05. The van der Waals surface area contributed by atoms with E-state index in [9.17, 15) is 0 Å². The van der Waals surface area contributed by atoms with Crippen LogP contribution in [0.15, 0.2) is 16.7 Å². The van der Waals surface area contributed by atoms with E-state index in [-0.39, 0.29) is 0 Å². The van der Waals surface area contributed by atoms with Crippen LogP contribution in [0.1, 0.15) is 17.7 Å². The Morgan fingerprint density at radius 3 is 3.00 bits per heavy atom. The van der Waals surface area contributed by atoms with Crippen molar-refractivity contribution in [2.45, 2.75) is 20.3 Å². The number of hydrogen-bond acceptors (Lipinski definition) is 5. The summed E-state index contributed by atoms with van der Waals surface area (Å²) in [4.78, 5) is 0. The van der Waals surface area contributed by atoms with Crippen molar-refractivity contribution in [1.29, 1.82) is 0 Å². The first kappa shape index (κ1) is 11.3. The van der Waals surface area contributed by atoms with Gasteiger partial charge in [-0.2, -0.15) is 0 Å². The third-order valence-corrected chi connectivity index (χ3v) is 3.34. The van der Waals surface area contributed by atoms with E-state index in [4.69, 9.17) is 4.42 Å². The van der Waals surface area contributed by atoms with Gasteiger partial charge in [0.1, 0.15) is 10.8 Å². The van der Waals surface area contributed by atoms with Crippen LogP contribution in [0.25, 0.3) is 10.6 Å². The monoisotopic (exact) mass is 237 g/mol. The summed E-state index contributed by atoms with van der Waals surface area (Å²) in [5, 5.41) is 13.6. The Kier molecular flexibility index (Phi) is 3.69. The molecule has 2 heterocycles. The smallest absolute Gasteiger partial charge is 0.151 e. The first-order valence-electron chi connectivity index (χ1n) is 5.39. The molecule has 2 aromatic rings. The lowest BCUT2D eigenvalue weighted by Crippen LogP contribution is -2.15. The van der Waals surface area contributed by atoms with Crippen molar-refractivity contribution in [3.63, 3.8) is 0 Å². The molecule has 0 spiro atoms. The highest BCUT2D eigenvalue weighted by Crippen LogP contribution is 2.27. The largest absolute Gasteiger partial charge is 0.469 e. The van der Waals surface area contributed by atoms with E-state index in [1.165, 1.54) is 0 Å². The summed E-state index contributed by atoms with van der Waals surface area (Å²) < 4.78 is 5.25. The molecule has 4 nitrogen and oxygen atoms in total. The molecule has 0 aliphatic rings. The predicted octanol–water partition coefficient (Wildman–Crippen LogP) is 2.26. The van der Waals surface area contributed by atoms with Gasteiger partial charge in [-0.3, -0.25) is 0 Å². The first-order chi connectivity index (χ1) is 7.81. The van der Waals surface area contributed by atoms with E-state index < -0.39 is 0 Å². The fraction of sp³-hybridized carbons (Fsp3) is 0.455. The van der Waals surface area contributed by atoms with Gasteiger partial charge in [0, 0.05) is 13.0 Å². The number of nitrogens with zero attached hydrogens (tertiary/aromatic N) is 2. The normalized spacial score (nSPS) is 10.9. The summed E-state index contributed by atoms with van der Waals surface area (Å²) in [6.07, 6.45) is 2.62. The number of furan rings is 1. The number of aryl methyl sites for hydroxylation is 1. The molecule has 86 valence electrons. The summed E-state index contributed by atoms with van der Waals surface area (Å²) in [5.41, 5.74) is 1.05. The molecular formula is C11H15N3OS. The van der Waals surface area contributed by atoms with Crippen molar-refractivity contribution < 1.29 is 4.42 Å². The molecule has 0 unspecified atom stereocenters. The second-order valence-electron chi connectivity index (χ2n) is 3.49. The van der Waals surface area contributed by atoms with Crippen LogP contribution in [0.5, 0.6) is 0 Å². The maximum absolute atomic E-state index is 5.25. The van der Waals surface area contributed by atoms with Gasteiger partial charge in [0.15, 0.2) is 5.01 Å². The predicted molar refractivity (Wildman–Crippen MR) is 64.6 cm³/mol. The molecule has 0 aliphatic heterocycles. The number of aromatic nitrogens is 2. The lowest BCUT2D eigenvalue weighted by molar-refractivity contribution is 0.535. The fourth-order valence-electron chi connectivity index (χ4n) is 1.44. The van der Waals surface area contributed by atoms with Crippen molar-refractivity contribution in [1.82, 2.24) is 15.5 Å². The van der Waals surface area contributed by atoms with Gasteiger partial charge in [0.05, 0.1) is 11.8 Å². The molecule has 2 aromatic heterocycles. The van der Waals surface area contributed by atoms with Crippen LogP contribution < -0.4 is 5.32 Å². The van der Waals surface area contributed by atoms with Crippen LogP contribution in [0.2, 0.25) is 0 Å². The molecule has 5 heteroatoms. The van der Waals surface area contributed by atoms with Crippen LogP contribution in [0, 0.1) is 6.92 Å². The number of nitrogens with one attached hydrogen (secondary N) is 1. The SMILES string of the molecule is CCNCCc1nnc(-c2ccoc2C)s1. The average Bonchev–Trinajstić information content (AvgIpc) is 2.87. The molecule has 0 amide bonds. The topological polar surface area (TPSA) is 51.0 Å². The van der Waals surface area contributed by atoms with Crippen molar-refractivity contribution in [3.8, 4) is 10.6 Å². The summed E-state index contributed by atoms with van der Waals surface area (Å²) in [6, 6.07) is 1.93. The minimum Gasteiger partial charge on any atom is -0.469 e. The highest BCUT2D eigenvalue weighted by molar-refractivity contribution is 7.14. The molecule has 0 atom stereocenters. The first-order valence-corrected chi connectivity index (χ1v) is 6.20. The quantitative estimate of drug-likeness (QED) is 0.810. The number of rotatable bonds is 5. The van der Waals surface area contributed by atoms with Gasteiger partial charge in [-0.05, 0) is 19.5 Å². The molecule has 0 aromatic carbocycles. The summed E-state index contributed by atoms with van der Waals surface area (Å²) in [7, 11) is 0. The molecule has 1 N–H and O–H groups in total. The summed E-state index contributed by atoms with van der Waals surface area (Å²) >= 11 is 1.63. The van der Waals surface area contributed by atoms with E-state index in [0.717, 1.165) is 40.8 Å². The Morgan fingerprint density at radius 1 is 1.44 bits per heavy atom. The van der Waals surface area contributed by atoms with Crippen molar-refractivity contribution in [2.24, 2.45) is 0 Å². The van der Waals surface area contributed by atoms with Gasteiger partial charge in [-0.15, -0.1) is 10.2 Å². The minimum atomic E-state index is 0.898. The zero-order valence-electron chi connectivity index (χ0n) is 9.49. The van der Waals surface area contributed by atoms with Crippen LogP contribution in [0.4, 0.5) is 0 Å². The lowest BCUT2D eigenvalue weighted by atomic mass is 10.3. The maximum atomic E-state index is 5.25. The minimum absolute atomic E-state index is 0.898. The van der Waals surface area contributed by atoms with Gasteiger partial charge in [0.25, 0.3) is 0 Å². The van der Waals surface area contributed by atoms with Gasteiger partial charge >= 0.3 is 0 Å². The fourth-order valence-corrected chi connectivity index (χ4v) is 2.35. The van der Waals surface area contributed by atoms with Crippen LogP contribution in [0.3, 0.4) is 0 Å². The molecule has 0 saturated carbocycles. The molecule has 16 heavy (non-hydrogen) atoms. The van der Waals surface area contributed by atoms with Crippen molar-refractivity contribution >= 4 is 11.3 Å². The average molecular weight is 237 g/mol. The number of likely N-dealkylation sites (N-methyl/N-ethyl adjacent to an activating group) is 1. The Labute approximate surface area is 98.7 Å². The molecule has 0 saturated heterocycles. The summed E-state index contributed by atoms with van der Waals surface area (Å²) in [5.74, 6) is 0.898. The van der Waals surface area contributed by atoms with E-state index in [2.05, 4.69) is 22.4 Å². The Morgan fingerprint density at radius 2 is 2.31 bits per heavy atom. The van der Waals surface area contributed by atoms with Gasteiger partial charge in [0.2, 0.25) is 0 Å². The highest BCUT2D eigenvalue weighted by atomic mass is 32.1. The second kappa shape index (κ2) is 5.23. The van der Waals surface area contributed by atoms with E-state index in [0.29, 0.717) is 0 Å². The maximum Gasteiger partial charge on any atom is 0.151 e. The van der Waals surface area contributed by atoms with Gasteiger partial charge < -0.3 is 9.73 Å². The Hall–Kier alpha value is -1.20. The molecular weight excluding hydrogens is 222 g/mol. The van der Waals surface area contributed by atoms with E-state index >= 15 is 0 Å². The number of hydrogen-bond donors (Lipinski definition) is 1. The zero-order valence-corrected chi connectivity index (χ0v) is 10.3. The Bertz CT molecular complexity index is 450. The van der Waals surface area contributed by atoms with E-state index in [1.54, 1.807) is 17.6 Å². The van der Waals surface area contributed by atoms with Crippen molar-refractivity contribution in [3.05, 3.63) is 23.1 Å². The second-order valence-corrected chi connectivity index (χ2v) is 4.56. The zero-order chi connectivity index (χ0) is 11.4. The van der Waals surface area contributed by atoms with Crippen molar-refractivity contribution in [2.75, 3.05) is 13.1 Å². The third kappa shape index (κ3) is 2.48. The van der Waals surface area contributed by atoms with Crippen LogP contribution in [-0.2, 0) is 6.42 Å². The summed E-state index contributed by atoms with van der Waals surface area (Å²) in [6.45, 7) is 5.98. The van der Waals surface area contributed by atoms with E-state index in [1.807, 2.05) is 13.0 Å². The van der Waals surface area contributed by atoms with Gasteiger partial charge in [-0.1, -0.05) is 18.3 Å². The molecule has 0 fully saturated rings. The molecule has 0 radical (unpaired) electrons. The molecule has 0 aliphatic carbocycles. The van der Waals surface area contributed by atoms with Gasteiger partial charge in [-0.25, -0.2) is 0 Å². The lowest BCUT2D eigenvalue weighted by Gasteiger charge is -1.95.